The molecule has 0 fully saturated rings. The van der Waals surface area contributed by atoms with Gasteiger partial charge in [0.05, 0.1) is 11.2 Å². The fourth-order valence-corrected chi connectivity index (χ4v) is 2.03. The molecular weight excluding hydrogens is 252 g/mol. The van der Waals surface area contributed by atoms with E-state index in [2.05, 4.69) is 27.8 Å². The minimum absolute atomic E-state index is 0.393. The molecule has 0 saturated carbocycles. The number of halogens is 1. The fraction of sp³-hybridized carbons (Fsp3) is 0.500. The van der Waals surface area contributed by atoms with Crippen LogP contribution in [0.2, 0.25) is 0 Å². The Morgan fingerprint density at radius 3 is 3.00 bits per heavy atom. The molecule has 1 heterocycles. The lowest BCUT2D eigenvalue weighted by Gasteiger charge is -2.02. The molecule has 1 aromatic heterocycles. The van der Waals surface area contributed by atoms with Crippen molar-refractivity contribution in [1.29, 1.82) is 0 Å². The van der Waals surface area contributed by atoms with Crippen molar-refractivity contribution in [2.24, 2.45) is 11.7 Å². The number of alkyl halides is 1. The third-order valence-electron chi connectivity index (χ3n) is 1.58. The van der Waals surface area contributed by atoms with Gasteiger partial charge in [-0.05, 0) is 5.92 Å². The first-order chi connectivity index (χ1) is 6.13. The van der Waals surface area contributed by atoms with Gasteiger partial charge in [-0.2, -0.15) is 0 Å². The number of hydrogen-bond acceptors (Lipinski definition) is 3. The average Bonchev–Trinajstić information content (AvgIpc) is 2.52. The van der Waals surface area contributed by atoms with Gasteiger partial charge in [0.15, 0.2) is 0 Å². The summed E-state index contributed by atoms with van der Waals surface area (Å²) in [6.07, 6.45) is 2.44. The molecule has 3 nitrogen and oxygen atoms in total. The second-order valence-corrected chi connectivity index (χ2v) is 4.71. The maximum absolute atomic E-state index is 10.8. The topological polar surface area (TPSA) is 56.0 Å². The lowest BCUT2D eigenvalue weighted by atomic mass is 10.1. The van der Waals surface area contributed by atoms with Crippen LogP contribution in [0.4, 0.5) is 0 Å². The van der Waals surface area contributed by atoms with Gasteiger partial charge in [-0.15, -0.1) is 11.3 Å². The Labute approximate surface area is 89.5 Å². The zero-order valence-corrected chi connectivity index (χ0v) is 9.69. The van der Waals surface area contributed by atoms with Gasteiger partial charge in [-0.25, -0.2) is 4.98 Å². The summed E-state index contributed by atoms with van der Waals surface area (Å²) < 4.78 is 0. The summed E-state index contributed by atoms with van der Waals surface area (Å²) in [7, 11) is 0. The van der Waals surface area contributed by atoms with Crippen LogP contribution in [0.3, 0.4) is 0 Å². The van der Waals surface area contributed by atoms with E-state index in [1.54, 1.807) is 6.20 Å². The predicted octanol–water partition coefficient (Wildman–Crippen LogP) is 1.82. The van der Waals surface area contributed by atoms with Gasteiger partial charge in [0.2, 0.25) is 0 Å². The fourth-order valence-electron chi connectivity index (χ4n) is 0.871. The van der Waals surface area contributed by atoms with E-state index in [-0.39, 0.29) is 0 Å². The van der Waals surface area contributed by atoms with Crippen molar-refractivity contribution in [2.75, 3.05) is 5.33 Å². The van der Waals surface area contributed by atoms with Gasteiger partial charge in [0.25, 0.3) is 5.91 Å². The molecule has 0 saturated heterocycles. The maximum Gasteiger partial charge on any atom is 0.260 e. The Morgan fingerprint density at radius 2 is 2.54 bits per heavy atom. The first-order valence-corrected chi connectivity index (χ1v) is 5.87. The molecule has 0 radical (unpaired) electrons. The van der Waals surface area contributed by atoms with E-state index in [0.717, 1.165) is 16.8 Å². The standard InChI is InChI=1S/C8H11BrN2OS/c1-5(3-9)2-7-11-4-6(13-7)8(10)12/h4-5H,2-3H2,1H3,(H2,10,12). The van der Waals surface area contributed by atoms with Crippen molar-refractivity contribution in [3.05, 3.63) is 16.1 Å². The van der Waals surface area contributed by atoms with E-state index in [1.807, 2.05) is 0 Å². The van der Waals surface area contributed by atoms with E-state index in [0.29, 0.717) is 10.8 Å². The molecule has 0 aliphatic carbocycles. The molecule has 0 bridgehead atoms. The van der Waals surface area contributed by atoms with Crippen molar-refractivity contribution in [1.82, 2.24) is 4.98 Å². The zero-order chi connectivity index (χ0) is 9.84. The molecule has 1 aromatic rings. The van der Waals surface area contributed by atoms with Gasteiger partial charge in [-0.1, -0.05) is 22.9 Å². The van der Waals surface area contributed by atoms with E-state index >= 15 is 0 Å². The number of hydrogen-bond donors (Lipinski definition) is 1. The summed E-state index contributed by atoms with van der Waals surface area (Å²) in [5.74, 6) is 0.141. The Morgan fingerprint density at radius 1 is 1.85 bits per heavy atom. The highest BCUT2D eigenvalue weighted by atomic mass is 79.9. The maximum atomic E-state index is 10.8. The quantitative estimate of drug-likeness (QED) is 0.842. The summed E-state index contributed by atoms with van der Waals surface area (Å²) in [4.78, 5) is 15.4. The second-order valence-electron chi connectivity index (χ2n) is 2.95. The summed E-state index contributed by atoms with van der Waals surface area (Å²) >= 11 is 4.77. The van der Waals surface area contributed by atoms with Crippen LogP contribution >= 0.6 is 27.3 Å². The third-order valence-corrected chi connectivity index (χ3v) is 3.72. The molecule has 1 amide bonds. The van der Waals surface area contributed by atoms with Gasteiger partial charge < -0.3 is 5.73 Å². The number of nitrogens with zero attached hydrogens (tertiary/aromatic N) is 1. The molecule has 5 heteroatoms. The highest BCUT2D eigenvalue weighted by Gasteiger charge is 2.09. The van der Waals surface area contributed by atoms with Crippen LogP contribution in [0, 0.1) is 5.92 Å². The Bertz CT molecular complexity index is 300. The van der Waals surface area contributed by atoms with Gasteiger partial charge in [0, 0.05) is 11.8 Å². The van der Waals surface area contributed by atoms with Gasteiger partial charge in [0.1, 0.15) is 4.88 Å². The van der Waals surface area contributed by atoms with Crippen LogP contribution in [0.25, 0.3) is 0 Å². The molecule has 13 heavy (non-hydrogen) atoms. The highest BCUT2D eigenvalue weighted by molar-refractivity contribution is 9.09. The van der Waals surface area contributed by atoms with Crippen LogP contribution in [0.1, 0.15) is 21.6 Å². The monoisotopic (exact) mass is 262 g/mol. The summed E-state index contributed by atoms with van der Waals surface area (Å²) in [6, 6.07) is 0. The number of rotatable bonds is 4. The molecule has 1 atom stereocenters. The summed E-state index contributed by atoms with van der Waals surface area (Å²) in [5, 5.41) is 1.92. The molecule has 0 aliphatic heterocycles. The van der Waals surface area contributed by atoms with Crippen LogP contribution in [0.5, 0.6) is 0 Å². The normalized spacial score (nSPS) is 12.8. The smallest absolute Gasteiger partial charge is 0.260 e. The SMILES string of the molecule is CC(CBr)Cc1ncc(C(N)=O)s1. The van der Waals surface area contributed by atoms with Crippen LogP contribution in [-0.2, 0) is 6.42 Å². The number of carbonyl (C=O) groups excluding carboxylic acids is 1. The van der Waals surface area contributed by atoms with E-state index < -0.39 is 5.91 Å². The van der Waals surface area contributed by atoms with Crippen molar-refractivity contribution < 1.29 is 4.79 Å². The molecule has 0 aromatic carbocycles. The van der Waals surface area contributed by atoms with E-state index in [9.17, 15) is 4.79 Å². The number of carbonyl (C=O) groups is 1. The minimum atomic E-state index is -0.393. The first kappa shape index (κ1) is 10.7. The van der Waals surface area contributed by atoms with E-state index in [4.69, 9.17) is 5.73 Å². The number of primary amides is 1. The van der Waals surface area contributed by atoms with Crippen molar-refractivity contribution in [3.8, 4) is 0 Å². The second kappa shape index (κ2) is 4.72. The average molecular weight is 263 g/mol. The van der Waals surface area contributed by atoms with Crippen molar-refractivity contribution >= 4 is 33.2 Å². The Kier molecular flexibility index (Phi) is 3.87. The van der Waals surface area contributed by atoms with Crippen LogP contribution < -0.4 is 5.73 Å². The number of amides is 1. The lowest BCUT2D eigenvalue weighted by Crippen LogP contribution is -2.08. The Balaban J connectivity index is 2.64. The number of nitrogens with two attached hydrogens (primary N) is 1. The molecular formula is C8H11BrN2OS. The summed E-state index contributed by atoms with van der Waals surface area (Å²) in [5.41, 5.74) is 5.11. The Hall–Kier alpha value is -0.420. The highest BCUT2D eigenvalue weighted by Crippen LogP contribution is 2.16. The largest absolute Gasteiger partial charge is 0.365 e. The minimum Gasteiger partial charge on any atom is -0.365 e. The van der Waals surface area contributed by atoms with Crippen molar-refractivity contribution in [3.63, 3.8) is 0 Å². The molecule has 0 aliphatic rings. The van der Waals surface area contributed by atoms with Crippen LogP contribution in [0.15, 0.2) is 6.20 Å². The molecule has 0 spiro atoms. The van der Waals surface area contributed by atoms with Gasteiger partial charge >= 0.3 is 0 Å². The first-order valence-electron chi connectivity index (χ1n) is 3.94. The molecule has 2 N–H and O–H groups in total. The predicted molar refractivity (Wildman–Crippen MR) is 57.3 cm³/mol. The summed E-state index contributed by atoms with van der Waals surface area (Å²) in [6.45, 7) is 2.13. The molecule has 72 valence electrons. The molecule has 1 rings (SSSR count). The zero-order valence-electron chi connectivity index (χ0n) is 7.29. The van der Waals surface area contributed by atoms with Gasteiger partial charge in [-0.3, -0.25) is 4.79 Å². The van der Waals surface area contributed by atoms with Crippen LogP contribution in [-0.4, -0.2) is 16.2 Å². The van der Waals surface area contributed by atoms with E-state index in [1.165, 1.54) is 11.3 Å². The third kappa shape index (κ3) is 3.08. The molecule has 1 unspecified atom stereocenters. The lowest BCUT2D eigenvalue weighted by molar-refractivity contribution is 0.100. The number of aromatic nitrogens is 1. The van der Waals surface area contributed by atoms with Crippen molar-refractivity contribution in [2.45, 2.75) is 13.3 Å². The number of thiazole rings is 1.